The van der Waals surface area contributed by atoms with Gasteiger partial charge in [-0.25, -0.2) is 4.39 Å². The maximum atomic E-state index is 13.3. The van der Waals surface area contributed by atoms with Crippen molar-refractivity contribution >= 4 is 6.08 Å². The number of nitrogens with zero attached hydrogens (tertiary/aromatic N) is 1. The van der Waals surface area contributed by atoms with Gasteiger partial charge >= 0.3 is 0 Å². The van der Waals surface area contributed by atoms with Crippen molar-refractivity contribution in [2.45, 2.75) is 63.3 Å². The van der Waals surface area contributed by atoms with Gasteiger partial charge in [-0.2, -0.15) is 0 Å². The Morgan fingerprint density at radius 1 is 1.05 bits per heavy atom. The molecule has 0 amide bonds. The Bertz CT molecular complexity index is 656. The van der Waals surface area contributed by atoms with Crippen LogP contribution in [0.1, 0.15) is 47.9 Å². The minimum Gasteiger partial charge on any atom is -0.367 e. The Labute approximate surface area is 131 Å². The molecule has 1 aliphatic heterocycles. The molecule has 2 nitrogen and oxygen atoms in total. The predicted molar refractivity (Wildman–Crippen MR) is 86.0 cm³/mol. The van der Waals surface area contributed by atoms with Crippen LogP contribution in [0.25, 0.3) is 6.08 Å². The summed E-state index contributed by atoms with van der Waals surface area (Å²) in [5, 5.41) is 0. The van der Waals surface area contributed by atoms with Crippen molar-refractivity contribution in [1.82, 2.24) is 4.90 Å². The second kappa shape index (κ2) is 4.58. The summed E-state index contributed by atoms with van der Waals surface area (Å²) in [5.41, 5.74) is 13.3. The fraction of sp³-hybridized carbons (Fsp3) is 0.579. The molecule has 2 N–H and O–H groups in total. The van der Waals surface area contributed by atoms with Crippen LogP contribution < -0.4 is 5.73 Å². The van der Waals surface area contributed by atoms with Crippen LogP contribution in [0.2, 0.25) is 0 Å². The summed E-state index contributed by atoms with van der Waals surface area (Å²) in [6.45, 7) is 0.970. The van der Waals surface area contributed by atoms with Gasteiger partial charge in [0.2, 0.25) is 0 Å². The third kappa shape index (κ3) is 2.02. The number of benzene rings is 1. The lowest BCUT2D eigenvalue weighted by Crippen LogP contribution is -2.46. The summed E-state index contributed by atoms with van der Waals surface area (Å²) < 4.78 is 13.3. The fourth-order valence-corrected chi connectivity index (χ4v) is 4.41. The lowest BCUT2D eigenvalue weighted by Gasteiger charge is -2.44. The van der Waals surface area contributed by atoms with Crippen molar-refractivity contribution in [3.8, 4) is 0 Å². The molecular weight excluding hydrogens is 275 g/mol. The molecule has 5 rings (SSSR count). The van der Waals surface area contributed by atoms with Gasteiger partial charge in [0.05, 0.1) is 0 Å². The molecule has 3 heteroatoms. The zero-order valence-electron chi connectivity index (χ0n) is 12.9. The van der Waals surface area contributed by atoms with Crippen molar-refractivity contribution in [3.05, 3.63) is 40.1 Å². The first kappa shape index (κ1) is 13.1. The standard InChI is InChI=1S/C19H23FN2/c20-16-8-18(9-16)22-10-15-4-13-6-17(21)5-12(13)3-14(15)7-19(22)11-1-2-11/h3-4,7,11,16-18H,1-2,5-6,8-10,21H2/t16?,17-,18?/m1/s1. The lowest BCUT2D eigenvalue weighted by atomic mass is 9.86. The topological polar surface area (TPSA) is 29.3 Å². The first-order valence-electron chi connectivity index (χ1n) is 8.70. The summed E-state index contributed by atoms with van der Waals surface area (Å²) >= 11 is 0. The minimum absolute atomic E-state index is 0.292. The maximum absolute atomic E-state index is 13.3. The van der Waals surface area contributed by atoms with E-state index in [9.17, 15) is 4.39 Å². The zero-order chi connectivity index (χ0) is 14.8. The molecule has 3 aliphatic carbocycles. The molecule has 1 aromatic carbocycles. The van der Waals surface area contributed by atoms with Crippen molar-refractivity contribution in [2.24, 2.45) is 11.7 Å². The van der Waals surface area contributed by atoms with E-state index in [4.69, 9.17) is 5.73 Å². The Morgan fingerprint density at radius 3 is 2.45 bits per heavy atom. The van der Waals surface area contributed by atoms with Crippen molar-refractivity contribution in [2.75, 3.05) is 0 Å². The third-order valence-electron chi connectivity index (χ3n) is 5.89. The molecule has 116 valence electrons. The largest absolute Gasteiger partial charge is 0.367 e. The number of alkyl halides is 1. The van der Waals surface area contributed by atoms with Crippen LogP contribution in [-0.2, 0) is 19.4 Å². The van der Waals surface area contributed by atoms with Crippen LogP contribution >= 0.6 is 0 Å². The van der Waals surface area contributed by atoms with E-state index in [0.29, 0.717) is 12.1 Å². The van der Waals surface area contributed by atoms with Gasteiger partial charge < -0.3 is 10.6 Å². The number of hydrogen-bond acceptors (Lipinski definition) is 2. The van der Waals surface area contributed by atoms with Crippen LogP contribution in [-0.4, -0.2) is 23.2 Å². The summed E-state index contributed by atoms with van der Waals surface area (Å²) in [6.07, 6.45) is 7.89. The first-order valence-corrected chi connectivity index (χ1v) is 8.70. The van der Waals surface area contributed by atoms with Gasteiger partial charge in [-0.05, 0) is 72.8 Å². The first-order chi connectivity index (χ1) is 10.7. The van der Waals surface area contributed by atoms with Gasteiger partial charge in [-0.15, -0.1) is 0 Å². The number of rotatable bonds is 2. The van der Waals surface area contributed by atoms with Gasteiger partial charge in [-0.1, -0.05) is 12.1 Å². The van der Waals surface area contributed by atoms with Gasteiger partial charge in [0, 0.05) is 24.3 Å². The van der Waals surface area contributed by atoms with Crippen molar-refractivity contribution in [1.29, 1.82) is 0 Å². The average molecular weight is 298 g/mol. The predicted octanol–water partition coefficient (Wildman–Crippen LogP) is 3.18. The molecule has 2 saturated carbocycles. The van der Waals surface area contributed by atoms with E-state index in [2.05, 4.69) is 23.1 Å². The summed E-state index contributed by atoms with van der Waals surface area (Å²) in [5.74, 6) is 0.724. The summed E-state index contributed by atoms with van der Waals surface area (Å²) in [4.78, 5) is 2.51. The number of hydrogen-bond donors (Lipinski definition) is 1. The van der Waals surface area contributed by atoms with E-state index < -0.39 is 6.17 Å². The molecule has 0 radical (unpaired) electrons. The van der Waals surface area contributed by atoms with Crippen LogP contribution in [0.4, 0.5) is 4.39 Å². The van der Waals surface area contributed by atoms with Gasteiger partial charge in [0.1, 0.15) is 6.17 Å². The van der Waals surface area contributed by atoms with E-state index in [1.54, 1.807) is 0 Å². The highest BCUT2D eigenvalue weighted by Gasteiger charge is 2.40. The van der Waals surface area contributed by atoms with Crippen molar-refractivity contribution in [3.63, 3.8) is 0 Å². The molecule has 1 atom stereocenters. The van der Waals surface area contributed by atoms with E-state index in [-0.39, 0.29) is 0 Å². The number of fused-ring (bicyclic) bond motifs is 2. The Balaban J connectivity index is 1.52. The molecule has 1 aromatic rings. The molecule has 22 heavy (non-hydrogen) atoms. The Morgan fingerprint density at radius 2 is 1.77 bits per heavy atom. The molecule has 1 heterocycles. The molecule has 0 unspecified atom stereocenters. The highest BCUT2D eigenvalue weighted by atomic mass is 19.1. The van der Waals surface area contributed by atoms with E-state index in [1.165, 1.54) is 40.8 Å². The van der Waals surface area contributed by atoms with Crippen molar-refractivity contribution < 1.29 is 4.39 Å². The highest BCUT2D eigenvalue weighted by molar-refractivity contribution is 5.63. The van der Waals surface area contributed by atoms with Gasteiger partial charge in [0.15, 0.2) is 0 Å². The van der Waals surface area contributed by atoms with Crippen LogP contribution in [0.3, 0.4) is 0 Å². The quantitative estimate of drug-likeness (QED) is 0.908. The zero-order valence-corrected chi connectivity index (χ0v) is 12.9. The van der Waals surface area contributed by atoms with Gasteiger partial charge in [0.25, 0.3) is 0 Å². The molecule has 4 aliphatic rings. The monoisotopic (exact) mass is 298 g/mol. The minimum atomic E-state index is -0.579. The molecule has 2 fully saturated rings. The van der Waals surface area contributed by atoms with E-state index in [0.717, 1.165) is 38.1 Å². The normalized spacial score (nSPS) is 33.1. The highest BCUT2D eigenvalue weighted by Crippen LogP contribution is 2.46. The van der Waals surface area contributed by atoms with E-state index in [1.807, 2.05) is 0 Å². The van der Waals surface area contributed by atoms with Crippen LogP contribution in [0.15, 0.2) is 17.8 Å². The molecule has 0 bridgehead atoms. The number of allylic oxidation sites excluding steroid dienone is 1. The average Bonchev–Trinajstić information content (AvgIpc) is 3.22. The van der Waals surface area contributed by atoms with Crippen LogP contribution in [0, 0.1) is 5.92 Å². The SMILES string of the molecule is N[C@@H]1Cc2cc3c(cc2C1)CN(C1CC(F)C1)C(C1CC1)=C3. The molecule has 0 saturated heterocycles. The fourth-order valence-electron chi connectivity index (χ4n) is 4.41. The summed E-state index contributed by atoms with van der Waals surface area (Å²) in [6, 6.07) is 5.46. The molecular formula is C19H23FN2. The maximum Gasteiger partial charge on any atom is 0.104 e. The Hall–Kier alpha value is -1.35. The number of halogens is 1. The summed E-state index contributed by atoms with van der Waals surface area (Å²) in [7, 11) is 0. The molecule has 0 aromatic heterocycles. The van der Waals surface area contributed by atoms with Gasteiger partial charge in [-0.3, -0.25) is 0 Å². The number of nitrogens with two attached hydrogens (primary N) is 1. The second-order valence-electron chi connectivity index (χ2n) is 7.68. The Kier molecular flexibility index (Phi) is 2.73. The second-order valence-corrected chi connectivity index (χ2v) is 7.68. The lowest BCUT2D eigenvalue weighted by molar-refractivity contribution is 0.0680. The van der Waals surface area contributed by atoms with E-state index >= 15 is 0 Å². The van der Waals surface area contributed by atoms with Crippen LogP contribution in [0.5, 0.6) is 0 Å². The third-order valence-corrected chi connectivity index (χ3v) is 5.89. The molecule has 0 spiro atoms. The smallest absolute Gasteiger partial charge is 0.104 e.